The minimum Gasteiger partial charge on any atom is -0.342 e. The smallest absolute Gasteiger partial charge is 0.219 e. The Morgan fingerprint density at radius 1 is 1.67 bits per heavy atom. The Labute approximate surface area is 74.3 Å². The first kappa shape index (κ1) is 9.52. The summed E-state index contributed by atoms with van der Waals surface area (Å²) in [6, 6.07) is 0.447. The fourth-order valence-corrected chi connectivity index (χ4v) is 1.67. The van der Waals surface area contributed by atoms with Crippen LogP contribution in [0.1, 0.15) is 20.3 Å². The molecule has 0 aromatic carbocycles. The molecule has 1 heterocycles. The molecular weight excluding hydrogens is 152 g/mol. The van der Waals surface area contributed by atoms with Crippen molar-refractivity contribution in [3.8, 4) is 0 Å². The highest BCUT2D eigenvalue weighted by Crippen LogP contribution is 2.13. The number of nitrogens with zero attached hydrogens (tertiary/aromatic N) is 2. The first-order chi connectivity index (χ1) is 5.65. The number of likely N-dealkylation sites (tertiary alicyclic amines) is 1. The van der Waals surface area contributed by atoms with Crippen LogP contribution in [0.15, 0.2) is 0 Å². The average Bonchev–Trinajstić information content (AvgIpc) is 2.50. The third-order valence-corrected chi connectivity index (χ3v) is 2.74. The monoisotopic (exact) mass is 170 g/mol. The van der Waals surface area contributed by atoms with E-state index in [0.717, 1.165) is 26.1 Å². The molecule has 1 amide bonds. The first-order valence-electron chi connectivity index (χ1n) is 4.61. The van der Waals surface area contributed by atoms with E-state index in [1.54, 1.807) is 6.92 Å². The van der Waals surface area contributed by atoms with Crippen molar-refractivity contribution in [2.75, 3.05) is 26.7 Å². The molecule has 0 aromatic heterocycles. The zero-order valence-corrected chi connectivity index (χ0v) is 8.21. The molecule has 1 rings (SSSR count). The predicted molar refractivity (Wildman–Crippen MR) is 49.0 cm³/mol. The van der Waals surface area contributed by atoms with Gasteiger partial charge in [0.25, 0.3) is 0 Å². The third kappa shape index (κ3) is 1.97. The van der Waals surface area contributed by atoms with Gasteiger partial charge >= 0.3 is 0 Å². The largest absolute Gasteiger partial charge is 0.342 e. The SMILES string of the molecule is CCN1CC[C@H](N(C)C(C)=O)C1. The highest BCUT2D eigenvalue weighted by Gasteiger charge is 2.25. The van der Waals surface area contributed by atoms with E-state index in [2.05, 4.69) is 11.8 Å². The molecule has 0 bridgehead atoms. The van der Waals surface area contributed by atoms with Gasteiger partial charge in [0.1, 0.15) is 0 Å². The van der Waals surface area contributed by atoms with E-state index in [0.29, 0.717) is 6.04 Å². The lowest BCUT2D eigenvalue weighted by Crippen LogP contribution is -2.37. The minimum atomic E-state index is 0.179. The number of hydrogen-bond donors (Lipinski definition) is 0. The Hall–Kier alpha value is -0.570. The summed E-state index contributed by atoms with van der Waals surface area (Å²) >= 11 is 0. The zero-order chi connectivity index (χ0) is 9.14. The predicted octanol–water partition coefficient (Wildman–Crippen LogP) is 0.559. The molecule has 70 valence electrons. The Morgan fingerprint density at radius 2 is 2.33 bits per heavy atom. The lowest BCUT2D eigenvalue weighted by Gasteiger charge is -2.23. The topological polar surface area (TPSA) is 23.6 Å². The molecular formula is C9H18N2O. The van der Waals surface area contributed by atoms with Crippen LogP contribution in [0.3, 0.4) is 0 Å². The van der Waals surface area contributed by atoms with E-state index < -0.39 is 0 Å². The lowest BCUT2D eigenvalue weighted by atomic mass is 10.2. The lowest BCUT2D eigenvalue weighted by molar-refractivity contribution is -0.129. The molecule has 1 aliphatic rings. The maximum absolute atomic E-state index is 11.0. The minimum absolute atomic E-state index is 0.179. The van der Waals surface area contributed by atoms with Gasteiger partial charge in [-0.15, -0.1) is 0 Å². The fraction of sp³-hybridized carbons (Fsp3) is 0.889. The summed E-state index contributed by atoms with van der Waals surface area (Å²) in [5.41, 5.74) is 0. The molecule has 0 spiro atoms. The van der Waals surface area contributed by atoms with Crippen LogP contribution in [0.25, 0.3) is 0 Å². The highest BCUT2D eigenvalue weighted by molar-refractivity contribution is 5.73. The van der Waals surface area contributed by atoms with Crippen LogP contribution < -0.4 is 0 Å². The van der Waals surface area contributed by atoms with Crippen LogP contribution in [0.5, 0.6) is 0 Å². The van der Waals surface area contributed by atoms with Gasteiger partial charge in [0.15, 0.2) is 0 Å². The summed E-state index contributed by atoms with van der Waals surface area (Å²) in [7, 11) is 1.90. The summed E-state index contributed by atoms with van der Waals surface area (Å²) in [5, 5.41) is 0. The average molecular weight is 170 g/mol. The molecule has 0 N–H and O–H groups in total. The quantitative estimate of drug-likeness (QED) is 0.604. The van der Waals surface area contributed by atoms with Crippen molar-refractivity contribution in [3.63, 3.8) is 0 Å². The van der Waals surface area contributed by atoms with Crippen molar-refractivity contribution in [1.29, 1.82) is 0 Å². The summed E-state index contributed by atoms with van der Waals surface area (Å²) in [6.45, 7) is 7.08. The van der Waals surface area contributed by atoms with Crippen molar-refractivity contribution < 1.29 is 4.79 Å². The van der Waals surface area contributed by atoms with Crippen LogP contribution in [-0.4, -0.2) is 48.4 Å². The van der Waals surface area contributed by atoms with Gasteiger partial charge < -0.3 is 9.80 Å². The van der Waals surface area contributed by atoms with E-state index in [1.807, 2.05) is 11.9 Å². The Balaban J connectivity index is 2.41. The molecule has 0 aromatic rings. The van der Waals surface area contributed by atoms with Gasteiger partial charge in [-0.2, -0.15) is 0 Å². The Bertz CT molecular complexity index is 170. The number of rotatable bonds is 2. The molecule has 1 saturated heterocycles. The summed E-state index contributed by atoms with van der Waals surface area (Å²) < 4.78 is 0. The second-order valence-electron chi connectivity index (χ2n) is 3.47. The molecule has 3 nitrogen and oxygen atoms in total. The van der Waals surface area contributed by atoms with Crippen LogP contribution in [0.4, 0.5) is 0 Å². The molecule has 3 heteroatoms. The van der Waals surface area contributed by atoms with Crippen molar-refractivity contribution in [3.05, 3.63) is 0 Å². The second-order valence-corrected chi connectivity index (χ2v) is 3.47. The Kier molecular flexibility index (Phi) is 3.09. The van der Waals surface area contributed by atoms with Crippen molar-refractivity contribution in [1.82, 2.24) is 9.80 Å². The van der Waals surface area contributed by atoms with Crippen molar-refractivity contribution >= 4 is 5.91 Å². The standard InChI is InChI=1S/C9H18N2O/c1-4-11-6-5-9(7-11)10(3)8(2)12/h9H,4-7H2,1-3H3/t9-/m0/s1. The molecule has 12 heavy (non-hydrogen) atoms. The van der Waals surface area contributed by atoms with Crippen LogP contribution >= 0.6 is 0 Å². The summed E-state index contributed by atoms with van der Waals surface area (Å²) in [5.74, 6) is 0.179. The fourth-order valence-electron chi connectivity index (χ4n) is 1.67. The van der Waals surface area contributed by atoms with E-state index in [-0.39, 0.29) is 5.91 Å². The number of carbonyl (C=O) groups is 1. The van der Waals surface area contributed by atoms with E-state index in [9.17, 15) is 4.79 Å². The molecule has 1 aliphatic heterocycles. The molecule has 1 fully saturated rings. The van der Waals surface area contributed by atoms with E-state index >= 15 is 0 Å². The molecule has 0 radical (unpaired) electrons. The molecule has 1 atom stereocenters. The Morgan fingerprint density at radius 3 is 2.75 bits per heavy atom. The summed E-state index contributed by atoms with van der Waals surface area (Å²) in [6.07, 6.45) is 1.13. The number of likely N-dealkylation sites (N-methyl/N-ethyl adjacent to an activating group) is 2. The van der Waals surface area contributed by atoms with Crippen molar-refractivity contribution in [2.45, 2.75) is 26.3 Å². The number of amides is 1. The van der Waals surface area contributed by atoms with E-state index in [4.69, 9.17) is 0 Å². The van der Waals surface area contributed by atoms with Gasteiger partial charge in [0.05, 0.1) is 0 Å². The number of carbonyl (C=O) groups excluding carboxylic acids is 1. The van der Waals surface area contributed by atoms with Gasteiger partial charge in [-0.25, -0.2) is 0 Å². The van der Waals surface area contributed by atoms with E-state index in [1.165, 1.54) is 0 Å². The molecule has 0 unspecified atom stereocenters. The third-order valence-electron chi connectivity index (χ3n) is 2.74. The maximum Gasteiger partial charge on any atom is 0.219 e. The molecule has 0 saturated carbocycles. The van der Waals surface area contributed by atoms with Crippen LogP contribution in [-0.2, 0) is 4.79 Å². The number of hydrogen-bond acceptors (Lipinski definition) is 2. The van der Waals surface area contributed by atoms with Gasteiger partial charge in [-0.1, -0.05) is 6.92 Å². The zero-order valence-electron chi connectivity index (χ0n) is 8.21. The summed E-state index contributed by atoms with van der Waals surface area (Å²) in [4.78, 5) is 15.3. The first-order valence-corrected chi connectivity index (χ1v) is 4.61. The van der Waals surface area contributed by atoms with Gasteiger partial charge in [-0.05, 0) is 13.0 Å². The molecule has 0 aliphatic carbocycles. The van der Waals surface area contributed by atoms with Gasteiger partial charge in [0.2, 0.25) is 5.91 Å². The van der Waals surface area contributed by atoms with Crippen LogP contribution in [0, 0.1) is 0 Å². The van der Waals surface area contributed by atoms with Crippen molar-refractivity contribution in [2.24, 2.45) is 0 Å². The maximum atomic E-state index is 11.0. The van der Waals surface area contributed by atoms with Gasteiger partial charge in [-0.3, -0.25) is 4.79 Å². The van der Waals surface area contributed by atoms with Crippen LogP contribution in [0.2, 0.25) is 0 Å². The van der Waals surface area contributed by atoms with Gasteiger partial charge in [0, 0.05) is 33.1 Å². The highest BCUT2D eigenvalue weighted by atomic mass is 16.2. The second kappa shape index (κ2) is 3.90. The normalized spacial score (nSPS) is 24.4.